The van der Waals surface area contributed by atoms with Crippen molar-refractivity contribution in [3.8, 4) is 0 Å². The lowest BCUT2D eigenvalue weighted by Crippen LogP contribution is -2.15. The Morgan fingerprint density at radius 2 is 2.29 bits per heavy atom. The number of aryl methyl sites for hydroxylation is 1. The molecule has 76 valence electrons. The maximum atomic E-state index is 10.5. The number of halogens is 1. The first-order chi connectivity index (χ1) is 6.59. The molecule has 0 aliphatic carbocycles. The van der Waals surface area contributed by atoms with E-state index in [1.165, 1.54) is 5.56 Å². The minimum Gasteiger partial charge on any atom is -0.384 e. The van der Waals surface area contributed by atoms with E-state index in [-0.39, 0.29) is 5.91 Å². The summed E-state index contributed by atoms with van der Waals surface area (Å²) in [5.41, 5.74) is 7.20. The van der Waals surface area contributed by atoms with Gasteiger partial charge in [0.1, 0.15) is 0 Å². The molecule has 0 spiro atoms. The second kappa shape index (κ2) is 5.00. The summed E-state index contributed by atoms with van der Waals surface area (Å²) in [5.74, 6) is -0.288. The van der Waals surface area contributed by atoms with Crippen molar-refractivity contribution in [2.75, 3.05) is 11.9 Å². The quantitative estimate of drug-likeness (QED) is 0.867. The number of carbonyl (C=O) groups excluding carboxylic acids is 1. The van der Waals surface area contributed by atoms with Crippen molar-refractivity contribution < 1.29 is 4.79 Å². The molecule has 4 heteroatoms. The molecule has 14 heavy (non-hydrogen) atoms. The molecular weight excluding hydrogens is 244 g/mol. The molecule has 0 aliphatic rings. The predicted octanol–water partition coefficient (Wildman–Crippen LogP) is 2.04. The standard InChI is InChI=1S/C10H13BrN2O/c1-7-2-3-8(6-9(7)11)13-5-4-10(12)14/h2-3,6,13H,4-5H2,1H3,(H2,12,14). The molecule has 0 heterocycles. The third-order valence-electron chi connectivity index (χ3n) is 1.87. The lowest BCUT2D eigenvalue weighted by Gasteiger charge is -2.06. The number of anilines is 1. The molecule has 0 saturated carbocycles. The summed E-state index contributed by atoms with van der Waals surface area (Å²) in [4.78, 5) is 10.5. The Labute approximate surface area is 91.8 Å². The van der Waals surface area contributed by atoms with E-state index in [0.717, 1.165) is 10.2 Å². The minimum atomic E-state index is -0.288. The van der Waals surface area contributed by atoms with Crippen LogP contribution in [0.1, 0.15) is 12.0 Å². The van der Waals surface area contributed by atoms with Crippen LogP contribution in [0.25, 0.3) is 0 Å². The highest BCUT2D eigenvalue weighted by Gasteiger charge is 1.97. The molecule has 3 nitrogen and oxygen atoms in total. The number of carbonyl (C=O) groups is 1. The summed E-state index contributed by atoms with van der Waals surface area (Å²) in [6.45, 7) is 2.60. The fourth-order valence-corrected chi connectivity index (χ4v) is 1.41. The largest absolute Gasteiger partial charge is 0.384 e. The van der Waals surface area contributed by atoms with Gasteiger partial charge in [-0.1, -0.05) is 22.0 Å². The molecular formula is C10H13BrN2O. The Bertz CT molecular complexity index is 339. The van der Waals surface area contributed by atoms with Gasteiger partial charge in [0, 0.05) is 23.1 Å². The summed E-state index contributed by atoms with van der Waals surface area (Å²) < 4.78 is 1.06. The van der Waals surface area contributed by atoms with Gasteiger partial charge in [0.25, 0.3) is 0 Å². The van der Waals surface area contributed by atoms with Gasteiger partial charge in [-0.2, -0.15) is 0 Å². The van der Waals surface area contributed by atoms with Crippen LogP contribution in [-0.4, -0.2) is 12.5 Å². The Morgan fingerprint density at radius 3 is 2.86 bits per heavy atom. The summed E-state index contributed by atoms with van der Waals surface area (Å²) in [6.07, 6.45) is 0.353. The molecule has 0 atom stereocenters. The van der Waals surface area contributed by atoms with Crippen LogP contribution in [0.3, 0.4) is 0 Å². The molecule has 0 radical (unpaired) electrons. The van der Waals surface area contributed by atoms with Crippen LogP contribution in [0.5, 0.6) is 0 Å². The zero-order chi connectivity index (χ0) is 10.6. The Kier molecular flexibility index (Phi) is 3.95. The third kappa shape index (κ3) is 3.38. The van der Waals surface area contributed by atoms with E-state index < -0.39 is 0 Å². The molecule has 3 N–H and O–H groups in total. The maximum absolute atomic E-state index is 10.5. The first-order valence-corrected chi connectivity index (χ1v) is 5.17. The Balaban J connectivity index is 2.51. The second-order valence-corrected chi connectivity index (χ2v) is 3.96. The van der Waals surface area contributed by atoms with Crippen LogP contribution in [0, 0.1) is 6.92 Å². The van der Waals surface area contributed by atoms with Gasteiger partial charge < -0.3 is 11.1 Å². The first kappa shape index (κ1) is 11.0. The number of nitrogens with one attached hydrogen (secondary N) is 1. The average Bonchev–Trinajstić information content (AvgIpc) is 2.10. The number of nitrogens with two attached hydrogens (primary N) is 1. The summed E-state index contributed by atoms with van der Waals surface area (Å²) in [7, 11) is 0. The van der Waals surface area contributed by atoms with E-state index in [9.17, 15) is 4.79 Å². The lowest BCUT2D eigenvalue weighted by molar-refractivity contribution is -0.117. The molecule has 0 aromatic heterocycles. The van der Waals surface area contributed by atoms with Crippen molar-refractivity contribution in [2.24, 2.45) is 5.73 Å². The predicted molar refractivity (Wildman–Crippen MR) is 61.2 cm³/mol. The molecule has 0 fully saturated rings. The van der Waals surface area contributed by atoms with Gasteiger partial charge >= 0.3 is 0 Å². The number of primary amides is 1. The smallest absolute Gasteiger partial charge is 0.219 e. The molecule has 1 aromatic rings. The van der Waals surface area contributed by atoms with Crippen LogP contribution in [-0.2, 0) is 4.79 Å². The van der Waals surface area contributed by atoms with Gasteiger partial charge in [-0.25, -0.2) is 0 Å². The van der Waals surface area contributed by atoms with Crippen molar-refractivity contribution in [3.63, 3.8) is 0 Å². The van der Waals surface area contributed by atoms with Gasteiger partial charge in [-0.3, -0.25) is 4.79 Å². The fourth-order valence-electron chi connectivity index (χ4n) is 1.03. The highest BCUT2D eigenvalue weighted by atomic mass is 79.9. The number of rotatable bonds is 4. The molecule has 1 amide bonds. The van der Waals surface area contributed by atoms with Gasteiger partial charge in [-0.05, 0) is 24.6 Å². The van der Waals surface area contributed by atoms with E-state index in [0.29, 0.717) is 13.0 Å². The van der Waals surface area contributed by atoms with Crippen LogP contribution >= 0.6 is 15.9 Å². The molecule has 1 rings (SSSR count). The van der Waals surface area contributed by atoms with E-state index in [2.05, 4.69) is 21.2 Å². The first-order valence-electron chi connectivity index (χ1n) is 4.38. The summed E-state index contributed by atoms with van der Waals surface area (Å²) in [5, 5.41) is 3.11. The van der Waals surface area contributed by atoms with Gasteiger partial charge in [-0.15, -0.1) is 0 Å². The average molecular weight is 257 g/mol. The Morgan fingerprint density at radius 1 is 1.57 bits per heavy atom. The molecule has 0 aliphatic heterocycles. The van der Waals surface area contributed by atoms with Crippen LogP contribution in [0.4, 0.5) is 5.69 Å². The van der Waals surface area contributed by atoms with E-state index >= 15 is 0 Å². The second-order valence-electron chi connectivity index (χ2n) is 3.11. The topological polar surface area (TPSA) is 55.1 Å². The number of amides is 1. The number of benzene rings is 1. The zero-order valence-corrected chi connectivity index (χ0v) is 9.60. The van der Waals surface area contributed by atoms with Gasteiger partial charge in [0.2, 0.25) is 5.91 Å². The third-order valence-corrected chi connectivity index (χ3v) is 2.73. The van der Waals surface area contributed by atoms with Crippen LogP contribution in [0.15, 0.2) is 22.7 Å². The van der Waals surface area contributed by atoms with E-state index in [1.807, 2.05) is 25.1 Å². The van der Waals surface area contributed by atoms with Crippen molar-refractivity contribution in [3.05, 3.63) is 28.2 Å². The minimum absolute atomic E-state index is 0.288. The van der Waals surface area contributed by atoms with Gasteiger partial charge in [0.15, 0.2) is 0 Å². The summed E-state index contributed by atoms with van der Waals surface area (Å²) >= 11 is 3.44. The molecule has 1 aromatic carbocycles. The lowest BCUT2D eigenvalue weighted by atomic mass is 10.2. The summed E-state index contributed by atoms with van der Waals surface area (Å²) in [6, 6.07) is 5.97. The number of hydrogen-bond acceptors (Lipinski definition) is 2. The van der Waals surface area contributed by atoms with Crippen LogP contribution in [0.2, 0.25) is 0 Å². The highest BCUT2D eigenvalue weighted by Crippen LogP contribution is 2.20. The van der Waals surface area contributed by atoms with E-state index in [4.69, 9.17) is 5.73 Å². The van der Waals surface area contributed by atoms with Crippen molar-refractivity contribution in [2.45, 2.75) is 13.3 Å². The van der Waals surface area contributed by atoms with Gasteiger partial charge in [0.05, 0.1) is 0 Å². The van der Waals surface area contributed by atoms with Crippen molar-refractivity contribution in [1.29, 1.82) is 0 Å². The van der Waals surface area contributed by atoms with Crippen molar-refractivity contribution in [1.82, 2.24) is 0 Å². The number of hydrogen-bond donors (Lipinski definition) is 2. The Hall–Kier alpha value is -1.03. The SMILES string of the molecule is Cc1ccc(NCCC(N)=O)cc1Br. The zero-order valence-electron chi connectivity index (χ0n) is 8.01. The monoisotopic (exact) mass is 256 g/mol. The fraction of sp³-hybridized carbons (Fsp3) is 0.300. The maximum Gasteiger partial charge on any atom is 0.219 e. The molecule has 0 saturated heterocycles. The van der Waals surface area contributed by atoms with Crippen molar-refractivity contribution >= 4 is 27.5 Å². The normalized spacial score (nSPS) is 9.86. The molecule has 0 bridgehead atoms. The molecule has 0 unspecified atom stereocenters. The van der Waals surface area contributed by atoms with E-state index in [1.54, 1.807) is 0 Å². The van der Waals surface area contributed by atoms with Crippen LogP contribution < -0.4 is 11.1 Å². The highest BCUT2D eigenvalue weighted by molar-refractivity contribution is 9.10.